The number of benzene rings is 1. The number of hydrogen-bond donors (Lipinski definition) is 1. The number of aryl methyl sites for hydroxylation is 1. The molecule has 6 nitrogen and oxygen atoms in total. The Morgan fingerprint density at radius 2 is 2.14 bits per heavy atom. The third kappa shape index (κ3) is 2.99. The molecule has 0 spiro atoms. The van der Waals surface area contributed by atoms with E-state index in [0.717, 1.165) is 34.5 Å². The van der Waals surface area contributed by atoms with Gasteiger partial charge in [-0.2, -0.15) is 5.10 Å². The SMILES string of the molecule is C[C@H](Cc1nncn1C)c1cccc(-c2n[nH]c3cc(C4CCC4)cnc23)c1. The van der Waals surface area contributed by atoms with Crippen molar-refractivity contribution in [2.24, 2.45) is 7.05 Å². The Morgan fingerprint density at radius 1 is 1.25 bits per heavy atom. The summed E-state index contributed by atoms with van der Waals surface area (Å²) in [6, 6.07) is 10.8. The lowest BCUT2D eigenvalue weighted by Crippen LogP contribution is -2.08. The average molecular weight is 372 g/mol. The lowest BCUT2D eigenvalue weighted by molar-refractivity contribution is 0.419. The van der Waals surface area contributed by atoms with E-state index in [1.165, 1.54) is 30.4 Å². The molecule has 0 unspecified atom stereocenters. The fourth-order valence-corrected chi connectivity index (χ4v) is 3.97. The number of rotatable bonds is 5. The highest BCUT2D eigenvalue weighted by molar-refractivity contribution is 5.89. The number of fused-ring (bicyclic) bond motifs is 1. The van der Waals surface area contributed by atoms with Gasteiger partial charge in [-0.15, -0.1) is 10.2 Å². The zero-order valence-electron chi connectivity index (χ0n) is 16.3. The maximum absolute atomic E-state index is 4.75. The molecule has 1 aliphatic carbocycles. The van der Waals surface area contributed by atoms with E-state index >= 15 is 0 Å². The Bertz CT molecular complexity index is 1120. The summed E-state index contributed by atoms with van der Waals surface area (Å²) in [5, 5.41) is 16.0. The van der Waals surface area contributed by atoms with Gasteiger partial charge in [0.15, 0.2) is 0 Å². The van der Waals surface area contributed by atoms with Crippen LogP contribution >= 0.6 is 0 Å². The van der Waals surface area contributed by atoms with Crippen LogP contribution in [0.1, 0.15) is 55.0 Å². The van der Waals surface area contributed by atoms with E-state index in [1.807, 2.05) is 17.8 Å². The van der Waals surface area contributed by atoms with Crippen molar-refractivity contribution in [1.29, 1.82) is 0 Å². The monoisotopic (exact) mass is 372 g/mol. The molecule has 0 amide bonds. The summed E-state index contributed by atoms with van der Waals surface area (Å²) in [4.78, 5) is 4.75. The number of aromatic amines is 1. The number of nitrogens with zero attached hydrogens (tertiary/aromatic N) is 5. The van der Waals surface area contributed by atoms with Crippen LogP contribution in [0.15, 0.2) is 42.9 Å². The Labute approximate surface area is 164 Å². The van der Waals surface area contributed by atoms with Gasteiger partial charge in [0.25, 0.3) is 0 Å². The minimum atomic E-state index is 0.339. The quantitative estimate of drug-likeness (QED) is 0.565. The van der Waals surface area contributed by atoms with Crippen LogP contribution < -0.4 is 0 Å². The summed E-state index contributed by atoms with van der Waals surface area (Å²) in [7, 11) is 1.98. The first-order chi connectivity index (χ1) is 13.7. The van der Waals surface area contributed by atoms with Crippen LogP contribution in [0.2, 0.25) is 0 Å². The van der Waals surface area contributed by atoms with Gasteiger partial charge in [0.2, 0.25) is 0 Å². The second-order valence-corrected chi connectivity index (χ2v) is 7.95. The van der Waals surface area contributed by atoms with Gasteiger partial charge in [0, 0.05) is 25.2 Å². The molecule has 1 saturated carbocycles. The van der Waals surface area contributed by atoms with Crippen molar-refractivity contribution in [3.63, 3.8) is 0 Å². The zero-order valence-corrected chi connectivity index (χ0v) is 16.3. The molecule has 0 saturated heterocycles. The second-order valence-electron chi connectivity index (χ2n) is 7.95. The first kappa shape index (κ1) is 17.1. The fourth-order valence-electron chi connectivity index (χ4n) is 3.97. The van der Waals surface area contributed by atoms with E-state index in [9.17, 15) is 0 Å². The third-order valence-electron chi connectivity index (χ3n) is 6.02. The lowest BCUT2D eigenvalue weighted by Gasteiger charge is -2.25. The third-order valence-corrected chi connectivity index (χ3v) is 6.02. The first-order valence-electron chi connectivity index (χ1n) is 9.96. The van der Waals surface area contributed by atoms with E-state index < -0.39 is 0 Å². The fraction of sp³-hybridized carbons (Fsp3) is 0.364. The molecule has 1 N–H and O–H groups in total. The van der Waals surface area contributed by atoms with Crippen molar-refractivity contribution in [1.82, 2.24) is 29.9 Å². The predicted molar refractivity (Wildman–Crippen MR) is 109 cm³/mol. The molecule has 4 aromatic rings. The van der Waals surface area contributed by atoms with Crippen LogP contribution in [0.25, 0.3) is 22.3 Å². The highest BCUT2D eigenvalue weighted by atomic mass is 15.2. The van der Waals surface area contributed by atoms with Crippen molar-refractivity contribution in [3.05, 3.63) is 59.8 Å². The van der Waals surface area contributed by atoms with Gasteiger partial charge >= 0.3 is 0 Å². The van der Waals surface area contributed by atoms with Gasteiger partial charge in [-0.25, -0.2) is 0 Å². The average Bonchev–Trinajstić information content (AvgIpc) is 3.26. The van der Waals surface area contributed by atoms with Gasteiger partial charge in [-0.05, 0) is 47.9 Å². The molecule has 3 aromatic heterocycles. The van der Waals surface area contributed by atoms with Crippen molar-refractivity contribution >= 4 is 11.0 Å². The number of aromatic nitrogens is 6. The topological polar surface area (TPSA) is 72.3 Å². The molecule has 6 heteroatoms. The summed E-state index contributed by atoms with van der Waals surface area (Å²) in [5.41, 5.74) is 6.58. The molecule has 1 fully saturated rings. The van der Waals surface area contributed by atoms with Gasteiger partial charge in [-0.3, -0.25) is 10.1 Å². The Balaban J connectivity index is 1.45. The Morgan fingerprint density at radius 3 is 2.89 bits per heavy atom. The normalized spacial score (nSPS) is 15.6. The molecule has 1 atom stereocenters. The van der Waals surface area contributed by atoms with E-state index in [-0.39, 0.29) is 0 Å². The van der Waals surface area contributed by atoms with E-state index in [2.05, 4.69) is 57.7 Å². The highest BCUT2D eigenvalue weighted by Gasteiger charge is 2.21. The standard InChI is InChI=1S/C22H24N6/c1-14(9-20-26-24-13-28(20)2)16-7-4-8-17(10-16)21-22-19(25-27-21)11-18(12-23-22)15-5-3-6-15/h4,7-8,10-15H,3,5-6,9H2,1-2H3,(H,25,27)/t14-/m1/s1. The molecule has 0 radical (unpaired) electrons. The van der Waals surface area contributed by atoms with Crippen LogP contribution in [0.5, 0.6) is 0 Å². The van der Waals surface area contributed by atoms with Gasteiger partial charge in [0.05, 0.1) is 5.52 Å². The maximum atomic E-state index is 4.75. The molecular weight excluding hydrogens is 348 g/mol. The van der Waals surface area contributed by atoms with E-state index in [1.54, 1.807) is 6.33 Å². The van der Waals surface area contributed by atoms with Crippen molar-refractivity contribution in [2.75, 3.05) is 0 Å². The van der Waals surface area contributed by atoms with Crippen molar-refractivity contribution in [2.45, 2.75) is 44.4 Å². The van der Waals surface area contributed by atoms with E-state index in [4.69, 9.17) is 4.98 Å². The Kier molecular flexibility index (Phi) is 4.19. The first-order valence-corrected chi connectivity index (χ1v) is 9.96. The Hall–Kier alpha value is -3.02. The molecule has 28 heavy (non-hydrogen) atoms. The largest absolute Gasteiger partial charge is 0.321 e. The number of hydrogen-bond acceptors (Lipinski definition) is 4. The lowest BCUT2D eigenvalue weighted by atomic mass is 9.81. The van der Waals surface area contributed by atoms with Crippen LogP contribution in [0.4, 0.5) is 0 Å². The number of nitrogens with one attached hydrogen (secondary N) is 1. The molecule has 1 aromatic carbocycles. The molecule has 142 valence electrons. The van der Waals surface area contributed by atoms with Crippen LogP contribution in [0, 0.1) is 0 Å². The highest BCUT2D eigenvalue weighted by Crippen LogP contribution is 2.37. The minimum absolute atomic E-state index is 0.339. The van der Waals surface area contributed by atoms with Crippen LogP contribution in [0.3, 0.4) is 0 Å². The van der Waals surface area contributed by atoms with Gasteiger partial charge in [0.1, 0.15) is 23.4 Å². The summed E-state index contributed by atoms with van der Waals surface area (Å²) < 4.78 is 1.98. The second kappa shape index (κ2) is 6.86. The summed E-state index contributed by atoms with van der Waals surface area (Å²) >= 11 is 0. The molecule has 3 heterocycles. The van der Waals surface area contributed by atoms with Crippen molar-refractivity contribution in [3.8, 4) is 11.3 Å². The zero-order chi connectivity index (χ0) is 19.1. The smallest absolute Gasteiger partial charge is 0.133 e. The molecular formula is C22H24N6. The minimum Gasteiger partial charge on any atom is -0.321 e. The van der Waals surface area contributed by atoms with Gasteiger partial charge < -0.3 is 4.57 Å². The summed E-state index contributed by atoms with van der Waals surface area (Å²) in [5.74, 6) is 2.01. The molecule has 0 bridgehead atoms. The number of H-pyrrole nitrogens is 1. The van der Waals surface area contributed by atoms with E-state index in [0.29, 0.717) is 11.8 Å². The van der Waals surface area contributed by atoms with Gasteiger partial charge in [-0.1, -0.05) is 31.5 Å². The predicted octanol–water partition coefficient (Wildman–Crippen LogP) is 4.37. The number of pyridine rings is 1. The van der Waals surface area contributed by atoms with Crippen LogP contribution in [-0.4, -0.2) is 29.9 Å². The van der Waals surface area contributed by atoms with Crippen LogP contribution in [-0.2, 0) is 13.5 Å². The maximum Gasteiger partial charge on any atom is 0.133 e. The summed E-state index contributed by atoms with van der Waals surface area (Å²) in [6.07, 6.45) is 8.52. The summed E-state index contributed by atoms with van der Waals surface area (Å²) in [6.45, 7) is 2.22. The molecule has 1 aliphatic rings. The molecule has 5 rings (SSSR count). The van der Waals surface area contributed by atoms with Crippen molar-refractivity contribution < 1.29 is 0 Å². The molecule has 0 aliphatic heterocycles.